The van der Waals surface area contributed by atoms with E-state index in [1.54, 1.807) is 31.3 Å². The first kappa shape index (κ1) is 33.0. The van der Waals surface area contributed by atoms with Gasteiger partial charge in [0.05, 0.1) is 11.1 Å². The second kappa shape index (κ2) is 12.8. The molecule has 246 valence electrons. The number of anilines is 1. The van der Waals surface area contributed by atoms with Crippen LogP contribution >= 0.6 is 0 Å². The van der Waals surface area contributed by atoms with Gasteiger partial charge in [-0.05, 0) is 56.7 Å². The Kier molecular flexibility index (Phi) is 9.18. The summed E-state index contributed by atoms with van der Waals surface area (Å²) < 4.78 is 83.2. The van der Waals surface area contributed by atoms with Crippen LogP contribution in [0.3, 0.4) is 0 Å². The first-order chi connectivity index (χ1) is 21.7. The maximum Gasteiger partial charge on any atom is 0.417 e. The van der Waals surface area contributed by atoms with Crippen LogP contribution in [0.4, 0.5) is 32.2 Å². The zero-order chi connectivity index (χ0) is 33.5. The van der Waals surface area contributed by atoms with E-state index in [0.29, 0.717) is 33.7 Å². The third-order valence-electron chi connectivity index (χ3n) is 8.45. The van der Waals surface area contributed by atoms with E-state index in [1.165, 1.54) is 6.92 Å². The zero-order valence-electron chi connectivity index (χ0n) is 25.3. The fraction of sp³-hybridized carbons (Fsp3) is 0.387. The topological polar surface area (TPSA) is 112 Å². The molecular formula is C31H33F6N7O2. The van der Waals surface area contributed by atoms with Crippen molar-refractivity contribution in [3.05, 3.63) is 86.7 Å². The van der Waals surface area contributed by atoms with Gasteiger partial charge in [-0.15, -0.1) is 0 Å². The zero-order valence-corrected chi connectivity index (χ0v) is 25.3. The number of amides is 1. The summed E-state index contributed by atoms with van der Waals surface area (Å²) in [5.74, 6) is -0.394. The van der Waals surface area contributed by atoms with Crippen LogP contribution in [-0.4, -0.2) is 69.0 Å². The number of carbonyl (C=O) groups is 1. The number of pyridine rings is 3. The first-order valence-corrected chi connectivity index (χ1v) is 14.5. The predicted molar refractivity (Wildman–Crippen MR) is 160 cm³/mol. The number of hydrogen-bond acceptors (Lipinski definition) is 6. The number of nitrogens with one attached hydrogen (secondary N) is 2. The van der Waals surface area contributed by atoms with Gasteiger partial charge < -0.3 is 20.4 Å². The van der Waals surface area contributed by atoms with E-state index in [9.17, 15) is 35.9 Å². The number of nitrogen functional groups attached to an aromatic ring is 1. The fourth-order valence-electron chi connectivity index (χ4n) is 6.04. The van der Waals surface area contributed by atoms with Crippen molar-refractivity contribution < 1.29 is 31.1 Å². The van der Waals surface area contributed by atoms with Gasteiger partial charge in [-0.3, -0.25) is 19.4 Å². The Morgan fingerprint density at radius 2 is 1.74 bits per heavy atom. The number of hydrogen-bond donors (Lipinski definition) is 3. The molecule has 1 aliphatic heterocycles. The van der Waals surface area contributed by atoms with E-state index in [2.05, 4.69) is 15.3 Å². The van der Waals surface area contributed by atoms with Crippen molar-refractivity contribution in [3.8, 4) is 11.1 Å². The van der Waals surface area contributed by atoms with Gasteiger partial charge in [-0.25, -0.2) is 18.2 Å². The quantitative estimate of drug-likeness (QED) is 0.182. The van der Waals surface area contributed by atoms with Crippen molar-refractivity contribution in [1.29, 1.82) is 0 Å². The number of H-pyrrole nitrogens is 1. The van der Waals surface area contributed by atoms with Crippen LogP contribution in [-0.2, 0) is 12.7 Å². The van der Waals surface area contributed by atoms with E-state index in [-0.39, 0.29) is 43.5 Å². The summed E-state index contributed by atoms with van der Waals surface area (Å²) in [5.41, 5.74) is 6.41. The molecule has 4 aromatic heterocycles. The van der Waals surface area contributed by atoms with Gasteiger partial charge in [-0.2, -0.15) is 13.2 Å². The van der Waals surface area contributed by atoms with Crippen LogP contribution in [0.5, 0.6) is 0 Å². The number of aromatic amines is 1. The monoisotopic (exact) mass is 649 g/mol. The first-order valence-electron chi connectivity index (χ1n) is 14.5. The molecule has 9 nitrogen and oxygen atoms in total. The Morgan fingerprint density at radius 3 is 2.35 bits per heavy atom. The lowest BCUT2D eigenvalue weighted by Crippen LogP contribution is -2.51. The Bertz CT molecular complexity index is 1790. The summed E-state index contributed by atoms with van der Waals surface area (Å²) >= 11 is 0. The number of aryl methyl sites for hydroxylation is 1. The SMILES string of the molecule is Cc1cc(C(F)(F)F)c(CNC(=O)c2cc3c(-c4ccc(N)nc4)ccn3c(C(C)N3CCN(C(F)C(F)F)CC3)c2C)c(=O)[nH]1. The van der Waals surface area contributed by atoms with E-state index < -0.39 is 48.0 Å². The Balaban J connectivity index is 1.54. The number of alkyl halides is 6. The number of fused-ring (bicyclic) bond motifs is 1. The molecule has 1 fully saturated rings. The van der Waals surface area contributed by atoms with Gasteiger partial charge in [0.2, 0.25) is 6.30 Å². The van der Waals surface area contributed by atoms with Gasteiger partial charge in [-0.1, -0.05) is 0 Å². The van der Waals surface area contributed by atoms with Crippen molar-refractivity contribution in [2.75, 3.05) is 31.9 Å². The number of rotatable bonds is 8. The molecule has 5 rings (SSSR count). The summed E-state index contributed by atoms with van der Waals surface area (Å²) in [6, 6.07) is 7.26. The average molecular weight is 650 g/mol. The number of halogens is 6. The Labute approximate surface area is 260 Å². The molecule has 2 atom stereocenters. The molecule has 4 N–H and O–H groups in total. The minimum atomic E-state index is -4.81. The van der Waals surface area contributed by atoms with Gasteiger partial charge in [0.25, 0.3) is 17.9 Å². The molecule has 0 aromatic carbocycles. The standard InChI is InChI=1S/C31H33F6N7O2/c1-16-12-23(31(35,36)37)22(30(46)41-16)15-40-29(45)21-13-24-20(19-4-5-25(38)39-14-19)6-7-44(24)26(17(21)2)18(3)42-8-10-43(11-9-42)28(34)27(32)33/h4-7,12-14,18,27-28H,8-11,15H2,1-3H3,(H2,38,39)(H,40,45)(H,41,46). The Morgan fingerprint density at radius 1 is 1.07 bits per heavy atom. The molecular weight excluding hydrogens is 616 g/mol. The lowest BCUT2D eigenvalue weighted by molar-refractivity contribution is -0.138. The minimum Gasteiger partial charge on any atom is -0.384 e. The van der Waals surface area contributed by atoms with Crippen molar-refractivity contribution in [2.24, 2.45) is 0 Å². The average Bonchev–Trinajstić information content (AvgIpc) is 3.42. The maximum absolute atomic E-state index is 14.0. The van der Waals surface area contributed by atoms with Gasteiger partial charge >= 0.3 is 6.18 Å². The molecule has 2 unspecified atom stereocenters. The van der Waals surface area contributed by atoms with Crippen LogP contribution in [0.2, 0.25) is 0 Å². The molecule has 0 saturated carbocycles. The van der Waals surface area contributed by atoms with Crippen molar-refractivity contribution >= 4 is 17.2 Å². The van der Waals surface area contributed by atoms with E-state index in [1.807, 2.05) is 28.5 Å². The van der Waals surface area contributed by atoms with Crippen LogP contribution in [0.1, 0.15) is 51.4 Å². The number of nitrogens with two attached hydrogens (primary N) is 1. The normalized spacial score (nSPS) is 16.2. The Hall–Kier alpha value is -4.37. The van der Waals surface area contributed by atoms with E-state index in [4.69, 9.17) is 5.73 Å². The van der Waals surface area contributed by atoms with Gasteiger partial charge in [0.1, 0.15) is 5.82 Å². The molecule has 0 aliphatic carbocycles. The van der Waals surface area contributed by atoms with Crippen LogP contribution in [0.25, 0.3) is 16.6 Å². The lowest BCUT2D eigenvalue weighted by Gasteiger charge is -2.39. The third-order valence-corrected chi connectivity index (χ3v) is 8.45. The molecule has 0 radical (unpaired) electrons. The smallest absolute Gasteiger partial charge is 0.384 e. The van der Waals surface area contributed by atoms with Crippen LogP contribution in [0, 0.1) is 13.8 Å². The van der Waals surface area contributed by atoms with Crippen molar-refractivity contribution in [1.82, 2.24) is 29.5 Å². The van der Waals surface area contributed by atoms with Crippen LogP contribution in [0.15, 0.2) is 47.5 Å². The molecule has 1 amide bonds. The second-order valence-electron chi connectivity index (χ2n) is 11.3. The highest BCUT2D eigenvalue weighted by molar-refractivity contribution is 5.98. The van der Waals surface area contributed by atoms with Crippen molar-refractivity contribution in [3.63, 3.8) is 0 Å². The number of aromatic nitrogens is 3. The van der Waals surface area contributed by atoms with Gasteiger partial charge in [0.15, 0.2) is 0 Å². The summed E-state index contributed by atoms with van der Waals surface area (Å²) in [7, 11) is 0. The molecule has 46 heavy (non-hydrogen) atoms. The summed E-state index contributed by atoms with van der Waals surface area (Å²) in [6.07, 6.45) is -6.91. The summed E-state index contributed by atoms with van der Waals surface area (Å²) in [6.45, 7) is 4.93. The molecule has 0 spiro atoms. The predicted octanol–water partition coefficient (Wildman–Crippen LogP) is 5.08. The maximum atomic E-state index is 14.0. The number of carbonyl (C=O) groups excluding carboxylic acids is 1. The molecule has 1 saturated heterocycles. The van der Waals surface area contributed by atoms with E-state index in [0.717, 1.165) is 11.0 Å². The van der Waals surface area contributed by atoms with Crippen molar-refractivity contribution in [2.45, 2.75) is 52.3 Å². The summed E-state index contributed by atoms with van der Waals surface area (Å²) in [4.78, 5) is 35.8. The second-order valence-corrected chi connectivity index (χ2v) is 11.3. The highest BCUT2D eigenvalue weighted by Crippen LogP contribution is 2.35. The lowest BCUT2D eigenvalue weighted by atomic mass is 9.99. The molecule has 0 bridgehead atoms. The minimum absolute atomic E-state index is 0.0299. The fourth-order valence-corrected chi connectivity index (χ4v) is 6.04. The summed E-state index contributed by atoms with van der Waals surface area (Å²) in [5, 5.41) is 2.50. The number of piperazine rings is 1. The molecule has 1 aliphatic rings. The van der Waals surface area contributed by atoms with Gasteiger partial charge in [0, 0.05) is 84.8 Å². The highest BCUT2D eigenvalue weighted by Gasteiger charge is 2.36. The molecule has 15 heteroatoms. The van der Waals surface area contributed by atoms with E-state index >= 15 is 0 Å². The number of nitrogens with zero attached hydrogens (tertiary/aromatic N) is 4. The van der Waals surface area contributed by atoms with Crippen LogP contribution < -0.4 is 16.6 Å². The molecule has 5 heterocycles. The largest absolute Gasteiger partial charge is 0.417 e. The third kappa shape index (κ3) is 6.47. The molecule has 4 aromatic rings. The highest BCUT2D eigenvalue weighted by atomic mass is 19.4.